The average molecular weight is 466 g/mol. The first-order chi connectivity index (χ1) is 16.6. The molecule has 0 radical (unpaired) electrons. The number of nitrogens with zero attached hydrogens (tertiary/aromatic N) is 4. The minimum absolute atomic E-state index is 0.0118. The van der Waals surface area contributed by atoms with E-state index in [0.717, 1.165) is 37.0 Å². The summed E-state index contributed by atoms with van der Waals surface area (Å²) in [4.78, 5) is 23.1. The molecule has 0 bridgehead atoms. The molecule has 34 heavy (non-hydrogen) atoms. The molecule has 6 rings (SSSR count). The lowest BCUT2D eigenvalue weighted by Crippen LogP contribution is -2.40. The third kappa shape index (κ3) is 4.69. The highest BCUT2D eigenvalue weighted by molar-refractivity contribution is 5.77. The van der Waals surface area contributed by atoms with Gasteiger partial charge in [-0.15, -0.1) is 0 Å². The number of hydrogen-bond acceptors (Lipinski definition) is 7. The summed E-state index contributed by atoms with van der Waals surface area (Å²) < 4.78 is 11.1. The van der Waals surface area contributed by atoms with Gasteiger partial charge in [0.1, 0.15) is 11.6 Å². The lowest BCUT2D eigenvalue weighted by molar-refractivity contribution is -0.124. The van der Waals surface area contributed by atoms with Crippen molar-refractivity contribution < 1.29 is 14.1 Å². The Bertz CT molecular complexity index is 1010. The van der Waals surface area contributed by atoms with Crippen LogP contribution in [0.3, 0.4) is 0 Å². The van der Waals surface area contributed by atoms with E-state index in [2.05, 4.69) is 31.4 Å². The molecule has 1 saturated heterocycles. The maximum Gasteiger partial charge on any atom is 0.258 e. The Hall–Kier alpha value is -2.48. The first-order valence-corrected chi connectivity index (χ1v) is 13.0. The lowest BCUT2D eigenvalue weighted by atomic mass is 9.84. The Morgan fingerprint density at radius 2 is 2.00 bits per heavy atom. The summed E-state index contributed by atoms with van der Waals surface area (Å²) in [5, 5.41) is 7.61. The van der Waals surface area contributed by atoms with Gasteiger partial charge < -0.3 is 19.5 Å². The van der Waals surface area contributed by atoms with Crippen molar-refractivity contribution in [2.75, 3.05) is 26.2 Å². The van der Waals surface area contributed by atoms with E-state index in [1.807, 2.05) is 6.92 Å². The molecule has 0 aromatic carbocycles. The van der Waals surface area contributed by atoms with Crippen LogP contribution in [0.4, 0.5) is 0 Å². The van der Waals surface area contributed by atoms with Crippen LogP contribution in [0.5, 0.6) is 5.75 Å². The largest absolute Gasteiger partial charge is 0.481 e. The standard InChI is InChI=1S/C26H35N5O3/c1-17-27-12-22(13-28-17)33-15-25(32)29-21-6-2-18(3-7-21)8-9-31-14-20-11-26(20,16-31)24-10-23(34-30-24)19-4-5-19/h10,12-13,18-21H,2-9,11,14-16H2,1H3,(H,29,32)/t18-,20-,21-,26-/m0/s1. The molecule has 2 aromatic rings. The van der Waals surface area contributed by atoms with Crippen LogP contribution in [0.2, 0.25) is 0 Å². The van der Waals surface area contributed by atoms with E-state index in [0.29, 0.717) is 17.5 Å². The van der Waals surface area contributed by atoms with Gasteiger partial charge in [-0.25, -0.2) is 9.97 Å². The minimum atomic E-state index is -0.0664. The maximum atomic E-state index is 12.3. The summed E-state index contributed by atoms with van der Waals surface area (Å²) >= 11 is 0. The monoisotopic (exact) mass is 465 g/mol. The van der Waals surface area contributed by atoms with Crippen LogP contribution in [-0.4, -0.2) is 58.2 Å². The van der Waals surface area contributed by atoms with Gasteiger partial charge in [-0.3, -0.25) is 4.79 Å². The average Bonchev–Trinajstić information content (AvgIpc) is 3.73. The van der Waals surface area contributed by atoms with Crippen molar-refractivity contribution in [1.29, 1.82) is 0 Å². The SMILES string of the molecule is Cc1ncc(OCC(=O)N[C@H]2CC[C@H](CCN3C[C@@H]4C[C@]4(c4cc(C5CC5)on4)C3)CC2)cn1. The second-order valence-electron chi connectivity index (χ2n) is 11.0. The number of aromatic nitrogens is 3. The highest BCUT2D eigenvalue weighted by Crippen LogP contribution is 2.59. The highest BCUT2D eigenvalue weighted by atomic mass is 16.5. The Balaban J connectivity index is 0.893. The van der Waals surface area contributed by atoms with Gasteiger partial charge in [0.25, 0.3) is 5.91 Å². The number of carbonyl (C=O) groups excluding carboxylic acids is 1. The molecule has 1 amide bonds. The van der Waals surface area contributed by atoms with Gasteiger partial charge >= 0.3 is 0 Å². The molecule has 0 spiro atoms. The third-order valence-electron chi connectivity index (χ3n) is 8.43. The summed E-state index contributed by atoms with van der Waals surface area (Å²) in [5.41, 5.74) is 1.50. The zero-order chi connectivity index (χ0) is 23.1. The van der Waals surface area contributed by atoms with E-state index in [9.17, 15) is 4.79 Å². The van der Waals surface area contributed by atoms with Crippen LogP contribution < -0.4 is 10.1 Å². The van der Waals surface area contributed by atoms with Gasteiger partial charge in [-0.05, 0) is 76.7 Å². The molecule has 4 aliphatic rings. The number of likely N-dealkylation sites (tertiary alicyclic amines) is 1. The van der Waals surface area contributed by atoms with E-state index in [1.54, 1.807) is 12.4 Å². The number of ether oxygens (including phenoxy) is 1. The molecule has 4 fully saturated rings. The molecule has 2 atom stereocenters. The van der Waals surface area contributed by atoms with Crippen molar-refractivity contribution in [1.82, 2.24) is 25.3 Å². The number of fused-ring (bicyclic) bond motifs is 1. The lowest BCUT2D eigenvalue weighted by Gasteiger charge is -2.30. The van der Waals surface area contributed by atoms with Crippen molar-refractivity contribution >= 4 is 5.91 Å². The molecule has 3 heterocycles. The molecule has 1 aliphatic heterocycles. The van der Waals surface area contributed by atoms with E-state index in [1.165, 1.54) is 57.3 Å². The van der Waals surface area contributed by atoms with Crippen molar-refractivity contribution in [3.63, 3.8) is 0 Å². The second-order valence-corrected chi connectivity index (χ2v) is 11.0. The van der Waals surface area contributed by atoms with Crippen LogP contribution in [0.1, 0.15) is 74.6 Å². The van der Waals surface area contributed by atoms with E-state index in [-0.39, 0.29) is 24.0 Å². The van der Waals surface area contributed by atoms with Gasteiger partial charge in [-0.1, -0.05) is 5.16 Å². The number of rotatable bonds is 9. The number of amides is 1. The van der Waals surface area contributed by atoms with E-state index in [4.69, 9.17) is 9.26 Å². The molecule has 3 saturated carbocycles. The van der Waals surface area contributed by atoms with E-state index >= 15 is 0 Å². The summed E-state index contributed by atoms with van der Waals surface area (Å²) in [5.74, 6) is 4.43. The Morgan fingerprint density at radius 3 is 2.76 bits per heavy atom. The molecule has 3 aliphatic carbocycles. The maximum absolute atomic E-state index is 12.3. The smallest absolute Gasteiger partial charge is 0.258 e. The first-order valence-electron chi connectivity index (χ1n) is 13.0. The van der Waals surface area contributed by atoms with Gasteiger partial charge in [0.2, 0.25) is 0 Å². The van der Waals surface area contributed by atoms with E-state index < -0.39 is 0 Å². The quantitative estimate of drug-likeness (QED) is 0.607. The number of piperidine rings is 1. The second kappa shape index (κ2) is 8.95. The normalized spacial score (nSPS) is 30.7. The highest BCUT2D eigenvalue weighted by Gasteiger charge is 2.62. The van der Waals surface area contributed by atoms with Crippen LogP contribution in [-0.2, 0) is 10.2 Å². The number of carbonyl (C=O) groups is 1. The van der Waals surface area contributed by atoms with Crippen LogP contribution in [0.25, 0.3) is 0 Å². The van der Waals surface area contributed by atoms with Crippen LogP contribution in [0.15, 0.2) is 23.0 Å². The van der Waals surface area contributed by atoms with Crippen molar-refractivity contribution in [2.24, 2.45) is 11.8 Å². The van der Waals surface area contributed by atoms with Crippen LogP contribution >= 0.6 is 0 Å². The summed E-state index contributed by atoms with van der Waals surface area (Å²) in [7, 11) is 0. The molecule has 8 nitrogen and oxygen atoms in total. The third-order valence-corrected chi connectivity index (χ3v) is 8.43. The molecule has 0 unspecified atom stereocenters. The Morgan fingerprint density at radius 1 is 1.21 bits per heavy atom. The summed E-state index contributed by atoms with van der Waals surface area (Å²) in [6.07, 6.45) is 12.8. The minimum Gasteiger partial charge on any atom is -0.481 e. The fraction of sp³-hybridized carbons (Fsp3) is 0.692. The van der Waals surface area contributed by atoms with Crippen LogP contribution in [0, 0.1) is 18.8 Å². The molecule has 1 N–H and O–H groups in total. The molecule has 182 valence electrons. The Kier molecular flexibility index (Phi) is 5.79. The zero-order valence-electron chi connectivity index (χ0n) is 20.0. The number of hydrogen-bond donors (Lipinski definition) is 1. The molecular formula is C26H35N5O3. The zero-order valence-corrected chi connectivity index (χ0v) is 20.0. The first kappa shape index (κ1) is 22.0. The van der Waals surface area contributed by atoms with Gasteiger partial charge in [0.15, 0.2) is 12.4 Å². The predicted octanol–water partition coefficient (Wildman–Crippen LogP) is 3.37. The fourth-order valence-corrected chi connectivity index (χ4v) is 6.07. The predicted molar refractivity (Wildman–Crippen MR) is 125 cm³/mol. The summed E-state index contributed by atoms with van der Waals surface area (Å²) in [6.45, 7) is 5.37. The van der Waals surface area contributed by atoms with Gasteiger partial charge in [0.05, 0.1) is 18.1 Å². The van der Waals surface area contributed by atoms with Gasteiger partial charge in [-0.2, -0.15) is 0 Å². The van der Waals surface area contributed by atoms with Crippen molar-refractivity contribution in [2.45, 2.75) is 75.7 Å². The summed E-state index contributed by atoms with van der Waals surface area (Å²) in [6, 6.07) is 2.52. The topological polar surface area (TPSA) is 93.4 Å². The molecular weight excluding hydrogens is 430 g/mol. The fourth-order valence-electron chi connectivity index (χ4n) is 6.07. The Labute approximate surface area is 200 Å². The van der Waals surface area contributed by atoms with Crippen molar-refractivity contribution in [3.05, 3.63) is 35.7 Å². The number of nitrogens with one attached hydrogen (secondary N) is 1. The number of aryl methyl sites for hydroxylation is 1. The van der Waals surface area contributed by atoms with Crippen molar-refractivity contribution in [3.8, 4) is 5.75 Å². The molecule has 8 heteroatoms. The van der Waals surface area contributed by atoms with Gasteiger partial charge in [0, 0.05) is 36.5 Å². The molecule has 2 aromatic heterocycles.